The fourth-order valence-corrected chi connectivity index (χ4v) is 1.21. The normalized spacial score (nSPS) is 27.1. The van der Waals surface area contributed by atoms with Crippen molar-refractivity contribution in [3.05, 3.63) is 0 Å². The van der Waals surface area contributed by atoms with Crippen molar-refractivity contribution in [3.8, 4) is 0 Å². The van der Waals surface area contributed by atoms with Gasteiger partial charge in [-0.15, -0.1) is 0 Å². The van der Waals surface area contributed by atoms with Crippen molar-refractivity contribution in [1.29, 1.82) is 0 Å². The van der Waals surface area contributed by atoms with E-state index < -0.39 is 12.0 Å². The van der Waals surface area contributed by atoms with E-state index in [1.165, 1.54) is 12.2 Å². The second kappa shape index (κ2) is 2.98. The minimum absolute atomic E-state index is 0.426. The standard InChI is InChI=1S/C6H11NO3/c1-10-7-4-2-3-5(7)6(8)9/h5H,2-4H2,1H3,(H,8,9)/t5-/m0/s1. The molecular formula is C6H11NO3. The Hall–Kier alpha value is -0.610. The molecule has 58 valence electrons. The number of nitrogens with zero attached hydrogens (tertiary/aromatic N) is 1. The summed E-state index contributed by atoms with van der Waals surface area (Å²) in [5, 5.41) is 10.1. The second-order valence-corrected chi connectivity index (χ2v) is 2.32. The van der Waals surface area contributed by atoms with Gasteiger partial charge in [0.15, 0.2) is 0 Å². The van der Waals surface area contributed by atoms with E-state index in [1.54, 1.807) is 0 Å². The number of hydroxylamine groups is 2. The summed E-state index contributed by atoms with van der Waals surface area (Å²) in [6.45, 7) is 0.730. The van der Waals surface area contributed by atoms with Gasteiger partial charge in [-0.3, -0.25) is 4.79 Å². The quantitative estimate of drug-likeness (QED) is 0.598. The fourth-order valence-electron chi connectivity index (χ4n) is 1.21. The highest BCUT2D eigenvalue weighted by molar-refractivity contribution is 5.73. The number of carboxylic acid groups (broad SMARTS) is 1. The van der Waals surface area contributed by atoms with Gasteiger partial charge in [-0.05, 0) is 12.8 Å². The topological polar surface area (TPSA) is 49.8 Å². The van der Waals surface area contributed by atoms with Crippen LogP contribution in [-0.2, 0) is 9.63 Å². The van der Waals surface area contributed by atoms with Gasteiger partial charge in [0.1, 0.15) is 6.04 Å². The SMILES string of the molecule is CON1CCC[C@H]1C(=O)O. The van der Waals surface area contributed by atoms with Gasteiger partial charge in [-0.1, -0.05) is 0 Å². The fraction of sp³-hybridized carbons (Fsp3) is 0.833. The van der Waals surface area contributed by atoms with Crippen molar-refractivity contribution in [2.45, 2.75) is 18.9 Å². The molecule has 0 saturated carbocycles. The zero-order chi connectivity index (χ0) is 7.56. The van der Waals surface area contributed by atoms with Crippen LogP contribution in [0.5, 0.6) is 0 Å². The maximum absolute atomic E-state index is 10.4. The molecule has 0 spiro atoms. The van der Waals surface area contributed by atoms with Crippen LogP contribution in [-0.4, -0.2) is 35.8 Å². The van der Waals surface area contributed by atoms with Crippen molar-refractivity contribution in [2.75, 3.05) is 13.7 Å². The monoisotopic (exact) mass is 145 g/mol. The number of carboxylic acids is 1. The summed E-state index contributed by atoms with van der Waals surface area (Å²) >= 11 is 0. The van der Waals surface area contributed by atoms with Crippen molar-refractivity contribution in [3.63, 3.8) is 0 Å². The largest absolute Gasteiger partial charge is 0.480 e. The minimum Gasteiger partial charge on any atom is -0.480 e. The summed E-state index contributed by atoms with van der Waals surface area (Å²) in [6.07, 6.45) is 1.61. The molecule has 1 N–H and O–H groups in total. The molecule has 1 rings (SSSR count). The average Bonchev–Trinajstić information content (AvgIpc) is 2.33. The molecule has 1 saturated heterocycles. The Kier molecular flexibility index (Phi) is 2.24. The predicted molar refractivity (Wildman–Crippen MR) is 34.4 cm³/mol. The van der Waals surface area contributed by atoms with Gasteiger partial charge in [0, 0.05) is 6.54 Å². The lowest BCUT2D eigenvalue weighted by Crippen LogP contribution is -2.34. The molecule has 0 unspecified atom stereocenters. The number of aliphatic carboxylic acids is 1. The first-order valence-electron chi connectivity index (χ1n) is 3.29. The molecule has 1 heterocycles. The predicted octanol–water partition coefficient (Wildman–Crippen LogP) is 0.0968. The molecule has 4 nitrogen and oxygen atoms in total. The third-order valence-electron chi connectivity index (χ3n) is 1.72. The van der Waals surface area contributed by atoms with Gasteiger partial charge in [-0.2, -0.15) is 5.06 Å². The van der Waals surface area contributed by atoms with Gasteiger partial charge in [-0.25, -0.2) is 0 Å². The number of hydrogen-bond donors (Lipinski definition) is 1. The molecule has 1 aliphatic heterocycles. The lowest BCUT2D eigenvalue weighted by molar-refractivity contribution is -0.172. The van der Waals surface area contributed by atoms with Crippen LogP contribution in [0.3, 0.4) is 0 Å². The van der Waals surface area contributed by atoms with Crippen LogP contribution >= 0.6 is 0 Å². The van der Waals surface area contributed by atoms with Crippen molar-refractivity contribution in [1.82, 2.24) is 5.06 Å². The van der Waals surface area contributed by atoms with Gasteiger partial charge in [0.25, 0.3) is 0 Å². The van der Waals surface area contributed by atoms with Crippen molar-refractivity contribution in [2.24, 2.45) is 0 Å². The number of carbonyl (C=O) groups is 1. The number of hydrogen-bond acceptors (Lipinski definition) is 3. The minimum atomic E-state index is -0.792. The molecule has 0 radical (unpaired) electrons. The lowest BCUT2D eigenvalue weighted by Gasteiger charge is -2.16. The van der Waals surface area contributed by atoms with E-state index in [0.717, 1.165) is 13.0 Å². The third-order valence-corrected chi connectivity index (χ3v) is 1.72. The Morgan fingerprint density at radius 2 is 2.50 bits per heavy atom. The highest BCUT2D eigenvalue weighted by Gasteiger charge is 2.30. The molecule has 0 aliphatic carbocycles. The summed E-state index contributed by atoms with van der Waals surface area (Å²) in [4.78, 5) is 15.3. The highest BCUT2D eigenvalue weighted by atomic mass is 16.7. The van der Waals surface area contributed by atoms with Crippen molar-refractivity contribution < 1.29 is 14.7 Å². The van der Waals surface area contributed by atoms with E-state index in [4.69, 9.17) is 9.94 Å². The Balaban J connectivity index is 2.50. The van der Waals surface area contributed by atoms with Crippen LogP contribution in [0.1, 0.15) is 12.8 Å². The van der Waals surface area contributed by atoms with Crippen LogP contribution in [0.4, 0.5) is 0 Å². The first-order valence-corrected chi connectivity index (χ1v) is 3.29. The smallest absolute Gasteiger partial charge is 0.323 e. The Bertz CT molecular complexity index is 137. The van der Waals surface area contributed by atoms with Crippen molar-refractivity contribution >= 4 is 5.97 Å². The van der Waals surface area contributed by atoms with E-state index in [0.29, 0.717) is 6.42 Å². The van der Waals surface area contributed by atoms with Gasteiger partial charge in [0.05, 0.1) is 7.11 Å². The Morgan fingerprint density at radius 3 is 2.90 bits per heavy atom. The molecule has 1 atom stereocenters. The van der Waals surface area contributed by atoms with Crippen LogP contribution < -0.4 is 0 Å². The molecule has 1 aliphatic rings. The molecule has 0 aromatic heterocycles. The molecule has 4 heteroatoms. The van der Waals surface area contributed by atoms with E-state index in [2.05, 4.69) is 0 Å². The first-order chi connectivity index (χ1) is 4.75. The molecule has 0 bridgehead atoms. The maximum atomic E-state index is 10.4. The van der Waals surface area contributed by atoms with Crippen LogP contribution in [0.2, 0.25) is 0 Å². The third kappa shape index (κ3) is 1.27. The summed E-state index contributed by atoms with van der Waals surface area (Å²) in [6, 6.07) is -0.426. The molecule has 0 amide bonds. The van der Waals surface area contributed by atoms with Gasteiger partial charge < -0.3 is 9.94 Å². The molecule has 0 aromatic rings. The number of rotatable bonds is 2. The molecular weight excluding hydrogens is 134 g/mol. The maximum Gasteiger partial charge on any atom is 0.323 e. The van der Waals surface area contributed by atoms with E-state index >= 15 is 0 Å². The molecule has 0 aromatic carbocycles. The summed E-state index contributed by atoms with van der Waals surface area (Å²) in [5.41, 5.74) is 0. The summed E-state index contributed by atoms with van der Waals surface area (Å²) in [7, 11) is 1.50. The zero-order valence-corrected chi connectivity index (χ0v) is 5.91. The van der Waals surface area contributed by atoms with Crippen LogP contribution in [0.15, 0.2) is 0 Å². The van der Waals surface area contributed by atoms with E-state index in [-0.39, 0.29) is 0 Å². The summed E-state index contributed by atoms with van der Waals surface area (Å²) in [5.74, 6) is -0.792. The van der Waals surface area contributed by atoms with E-state index in [9.17, 15) is 4.79 Å². The van der Waals surface area contributed by atoms with Gasteiger partial charge >= 0.3 is 5.97 Å². The van der Waals surface area contributed by atoms with Crippen LogP contribution in [0.25, 0.3) is 0 Å². The Morgan fingerprint density at radius 1 is 1.80 bits per heavy atom. The van der Waals surface area contributed by atoms with E-state index in [1.807, 2.05) is 0 Å². The average molecular weight is 145 g/mol. The lowest BCUT2D eigenvalue weighted by atomic mass is 10.2. The van der Waals surface area contributed by atoms with Gasteiger partial charge in [0.2, 0.25) is 0 Å². The second-order valence-electron chi connectivity index (χ2n) is 2.32. The first kappa shape index (κ1) is 7.50. The highest BCUT2D eigenvalue weighted by Crippen LogP contribution is 2.16. The molecule has 10 heavy (non-hydrogen) atoms. The zero-order valence-electron chi connectivity index (χ0n) is 5.91. The Labute approximate surface area is 59.3 Å². The molecule has 1 fully saturated rings. The van der Waals surface area contributed by atoms with Crippen LogP contribution in [0, 0.1) is 0 Å². The summed E-state index contributed by atoms with van der Waals surface area (Å²) < 4.78 is 0.